The van der Waals surface area contributed by atoms with Crippen LogP contribution < -0.4 is 10.6 Å². The number of rotatable bonds is 4. The lowest BCUT2D eigenvalue weighted by Crippen LogP contribution is -2.52. The molecule has 3 aromatic rings. The molecule has 1 amide bonds. The minimum Gasteiger partial charge on any atom is -0.444 e. The van der Waals surface area contributed by atoms with Crippen LogP contribution in [0.1, 0.15) is 12.8 Å². The third-order valence-electron chi connectivity index (χ3n) is 4.63. The van der Waals surface area contributed by atoms with E-state index < -0.39 is 5.54 Å². The molecule has 0 spiro atoms. The standard InChI is InChI=1S/C18H19N5O2.ClH/c24-17(18(5-8-19-9-6-18)23-10-2-7-21-23)22-15-4-1-3-14(11-15)16-12-20-13-25-16;/h1-4,7,10-13,19H,5-6,8-9H2,(H,22,24);1H. The highest BCUT2D eigenvalue weighted by Gasteiger charge is 2.42. The Hall–Kier alpha value is -2.64. The summed E-state index contributed by atoms with van der Waals surface area (Å²) in [5, 5.41) is 10.7. The number of piperidine rings is 1. The second-order valence-corrected chi connectivity index (χ2v) is 6.13. The smallest absolute Gasteiger partial charge is 0.252 e. The lowest BCUT2D eigenvalue weighted by atomic mass is 9.87. The van der Waals surface area contributed by atoms with Crippen molar-refractivity contribution in [2.75, 3.05) is 18.4 Å². The van der Waals surface area contributed by atoms with Gasteiger partial charge in [0, 0.05) is 23.6 Å². The molecule has 1 aliphatic heterocycles. The van der Waals surface area contributed by atoms with Gasteiger partial charge in [-0.05, 0) is 44.1 Å². The molecule has 1 aliphatic rings. The summed E-state index contributed by atoms with van der Waals surface area (Å²) < 4.78 is 7.11. The number of carbonyl (C=O) groups is 1. The van der Waals surface area contributed by atoms with Crippen molar-refractivity contribution in [1.29, 1.82) is 0 Å². The van der Waals surface area contributed by atoms with E-state index in [0.717, 1.165) is 24.3 Å². The number of hydrogen-bond donors (Lipinski definition) is 2. The first kappa shape index (κ1) is 18.2. The molecule has 2 aromatic heterocycles. The van der Waals surface area contributed by atoms with Gasteiger partial charge in [-0.25, -0.2) is 4.98 Å². The van der Waals surface area contributed by atoms with Crippen LogP contribution in [0.15, 0.2) is 59.7 Å². The quantitative estimate of drug-likeness (QED) is 0.734. The number of benzene rings is 1. The van der Waals surface area contributed by atoms with Crippen LogP contribution in [-0.4, -0.2) is 33.8 Å². The monoisotopic (exact) mass is 373 g/mol. The lowest BCUT2D eigenvalue weighted by molar-refractivity contribution is -0.126. The molecule has 1 saturated heterocycles. The van der Waals surface area contributed by atoms with Crippen LogP contribution in [0.2, 0.25) is 0 Å². The average Bonchev–Trinajstić information content (AvgIpc) is 3.36. The van der Waals surface area contributed by atoms with Gasteiger partial charge in [0.2, 0.25) is 0 Å². The number of carbonyl (C=O) groups excluding carboxylic acids is 1. The second-order valence-electron chi connectivity index (χ2n) is 6.13. The van der Waals surface area contributed by atoms with Gasteiger partial charge in [0.15, 0.2) is 12.2 Å². The van der Waals surface area contributed by atoms with E-state index in [1.165, 1.54) is 6.39 Å². The van der Waals surface area contributed by atoms with Gasteiger partial charge in [0.05, 0.1) is 6.20 Å². The minimum absolute atomic E-state index is 0. The van der Waals surface area contributed by atoms with E-state index in [1.54, 1.807) is 17.1 Å². The summed E-state index contributed by atoms with van der Waals surface area (Å²) in [4.78, 5) is 17.1. The molecular formula is C18H20ClN5O2. The first-order valence-electron chi connectivity index (χ1n) is 8.29. The van der Waals surface area contributed by atoms with E-state index in [0.29, 0.717) is 18.6 Å². The Bertz CT molecular complexity index is 842. The summed E-state index contributed by atoms with van der Waals surface area (Å²) in [6, 6.07) is 9.41. The van der Waals surface area contributed by atoms with Crippen molar-refractivity contribution in [3.8, 4) is 11.3 Å². The summed E-state index contributed by atoms with van der Waals surface area (Å²) in [6.07, 6.45) is 8.00. The van der Waals surface area contributed by atoms with Gasteiger partial charge in [-0.2, -0.15) is 5.10 Å². The lowest BCUT2D eigenvalue weighted by Gasteiger charge is -2.36. The van der Waals surface area contributed by atoms with Crippen molar-refractivity contribution in [3.05, 3.63) is 55.3 Å². The van der Waals surface area contributed by atoms with Crippen molar-refractivity contribution >= 4 is 24.0 Å². The van der Waals surface area contributed by atoms with Crippen molar-refractivity contribution < 1.29 is 9.21 Å². The van der Waals surface area contributed by atoms with Gasteiger partial charge in [0.25, 0.3) is 5.91 Å². The zero-order valence-electron chi connectivity index (χ0n) is 14.1. The topological polar surface area (TPSA) is 85.0 Å². The summed E-state index contributed by atoms with van der Waals surface area (Å²) in [5.41, 5.74) is 0.925. The molecule has 4 rings (SSSR count). The molecule has 8 heteroatoms. The van der Waals surface area contributed by atoms with E-state index in [4.69, 9.17) is 4.42 Å². The zero-order valence-corrected chi connectivity index (χ0v) is 14.9. The first-order chi connectivity index (χ1) is 12.3. The molecule has 7 nitrogen and oxygen atoms in total. The molecule has 1 fully saturated rings. The third-order valence-corrected chi connectivity index (χ3v) is 4.63. The molecule has 136 valence electrons. The molecule has 0 radical (unpaired) electrons. The van der Waals surface area contributed by atoms with Crippen LogP contribution in [0.25, 0.3) is 11.3 Å². The molecule has 3 heterocycles. The number of anilines is 1. The Morgan fingerprint density at radius 3 is 2.81 bits per heavy atom. The molecule has 1 aromatic carbocycles. The van der Waals surface area contributed by atoms with Gasteiger partial charge in [-0.3, -0.25) is 9.48 Å². The second kappa shape index (κ2) is 7.72. The van der Waals surface area contributed by atoms with Crippen LogP contribution in [0.5, 0.6) is 0 Å². The number of oxazole rings is 1. The summed E-state index contributed by atoms with van der Waals surface area (Å²) in [5.74, 6) is 0.618. The Labute approximate surface area is 157 Å². The molecule has 0 bridgehead atoms. The van der Waals surface area contributed by atoms with Gasteiger partial charge in [-0.1, -0.05) is 12.1 Å². The fourth-order valence-corrected chi connectivity index (χ4v) is 3.28. The SMILES string of the molecule is Cl.O=C(Nc1cccc(-c2cnco2)c1)C1(n2cccn2)CCNCC1. The van der Waals surface area contributed by atoms with Crippen LogP contribution in [0, 0.1) is 0 Å². The van der Waals surface area contributed by atoms with E-state index in [9.17, 15) is 4.79 Å². The van der Waals surface area contributed by atoms with Gasteiger partial charge in [0.1, 0.15) is 5.54 Å². The van der Waals surface area contributed by atoms with Gasteiger partial charge in [-0.15, -0.1) is 12.4 Å². The number of hydrogen-bond acceptors (Lipinski definition) is 5. The Morgan fingerprint density at radius 2 is 2.12 bits per heavy atom. The molecule has 0 unspecified atom stereocenters. The molecule has 0 aliphatic carbocycles. The maximum absolute atomic E-state index is 13.2. The maximum Gasteiger partial charge on any atom is 0.252 e. The van der Waals surface area contributed by atoms with E-state index in [1.807, 2.05) is 36.5 Å². The van der Waals surface area contributed by atoms with Crippen molar-refractivity contribution in [2.24, 2.45) is 0 Å². The fourth-order valence-electron chi connectivity index (χ4n) is 3.28. The molecule has 26 heavy (non-hydrogen) atoms. The maximum atomic E-state index is 13.2. The largest absolute Gasteiger partial charge is 0.444 e. The van der Waals surface area contributed by atoms with E-state index >= 15 is 0 Å². The molecule has 0 saturated carbocycles. The highest BCUT2D eigenvalue weighted by Crippen LogP contribution is 2.29. The molecular weight excluding hydrogens is 354 g/mol. The number of nitrogens with zero attached hydrogens (tertiary/aromatic N) is 3. The third kappa shape index (κ3) is 3.36. The van der Waals surface area contributed by atoms with Crippen LogP contribution in [-0.2, 0) is 10.3 Å². The predicted octanol–water partition coefficient (Wildman–Crippen LogP) is 2.68. The Morgan fingerprint density at radius 1 is 1.27 bits per heavy atom. The molecule has 0 atom stereocenters. The molecule has 2 N–H and O–H groups in total. The predicted molar refractivity (Wildman–Crippen MR) is 100 cm³/mol. The Balaban J connectivity index is 0.00000196. The summed E-state index contributed by atoms with van der Waals surface area (Å²) >= 11 is 0. The minimum atomic E-state index is -0.670. The van der Waals surface area contributed by atoms with Gasteiger partial charge >= 0.3 is 0 Å². The zero-order chi connectivity index (χ0) is 17.1. The highest BCUT2D eigenvalue weighted by atomic mass is 35.5. The van der Waals surface area contributed by atoms with Crippen LogP contribution in [0.4, 0.5) is 5.69 Å². The van der Waals surface area contributed by atoms with Crippen molar-refractivity contribution in [2.45, 2.75) is 18.4 Å². The number of halogens is 1. The fraction of sp³-hybridized carbons (Fsp3) is 0.278. The highest BCUT2D eigenvalue weighted by molar-refractivity contribution is 5.97. The number of aromatic nitrogens is 3. The normalized spacial score (nSPS) is 15.8. The van der Waals surface area contributed by atoms with Crippen LogP contribution in [0.3, 0.4) is 0 Å². The first-order valence-corrected chi connectivity index (χ1v) is 8.29. The average molecular weight is 374 g/mol. The van der Waals surface area contributed by atoms with Crippen molar-refractivity contribution in [3.63, 3.8) is 0 Å². The van der Waals surface area contributed by atoms with E-state index in [2.05, 4.69) is 20.7 Å². The number of amides is 1. The Kier molecular flexibility index (Phi) is 5.39. The number of nitrogens with one attached hydrogen (secondary N) is 2. The van der Waals surface area contributed by atoms with Crippen molar-refractivity contribution in [1.82, 2.24) is 20.1 Å². The van der Waals surface area contributed by atoms with E-state index in [-0.39, 0.29) is 18.3 Å². The summed E-state index contributed by atoms with van der Waals surface area (Å²) in [7, 11) is 0. The van der Waals surface area contributed by atoms with Crippen LogP contribution >= 0.6 is 12.4 Å². The van der Waals surface area contributed by atoms with Gasteiger partial charge < -0.3 is 15.1 Å². The summed E-state index contributed by atoms with van der Waals surface area (Å²) in [6.45, 7) is 1.57.